The van der Waals surface area contributed by atoms with Crippen LogP contribution in [0.1, 0.15) is 13.3 Å². The number of carbonyl (C=O) groups excluding carboxylic acids is 2. The average molecular weight is 330 g/mol. The van der Waals surface area contributed by atoms with Crippen molar-refractivity contribution in [2.24, 2.45) is 0 Å². The Morgan fingerprint density at radius 1 is 1.38 bits per heavy atom. The summed E-state index contributed by atoms with van der Waals surface area (Å²) in [6.07, 6.45) is 2.12. The van der Waals surface area contributed by atoms with Gasteiger partial charge in [-0.3, -0.25) is 9.59 Å². The number of ether oxygens (including phenoxy) is 1. The molecule has 2 aromatic rings. The third kappa shape index (κ3) is 3.12. The Balaban J connectivity index is 1.63. The fourth-order valence-corrected chi connectivity index (χ4v) is 3.05. The number of nitrogens with one attached hydrogen (secondary N) is 1. The molecule has 1 aliphatic rings. The molecule has 1 fully saturated rings. The monoisotopic (exact) mass is 330 g/mol. The van der Waals surface area contributed by atoms with Crippen LogP contribution in [-0.2, 0) is 20.9 Å². The molecule has 0 aliphatic carbocycles. The first kappa shape index (κ1) is 16.4. The smallest absolute Gasteiger partial charge is 0.253 e. The number of para-hydroxylation sites is 2. The quantitative estimate of drug-likeness (QED) is 0.899. The first-order chi connectivity index (χ1) is 11.5. The lowest BCUT2D eigenvalue weighted by Gasteiger charge is -2.39. The van der Waals surface area contributed by atoms with Crippen molar-refractivity contribution in [2.45, 2.75) is 25.5 Å². The number of likely N-dealkylation sites (N-methyl/N-ethyl adjacent to an activating group) is 1. The molecule has 0 saturated carbocycles. The van der Waals surface area contributed by atoms with Crippen LogP contribution < -0.4 is 5.32 Å². The normalized spacial score (nSPS) is 21.0. The van der Waals surface area contributed by atoms with E-state index in [9.17, 15) is 9.59 Å². The van der Waals surface area contributed by atoms with Gasteiger partial charge in [-0.1, -0.05) is 12.1 Å². The molecule has 1 N–H and O–H groups in total. The number of hydrogen-bond donors (Lipinski definition) is 1. The van der Waals surface area contributed by atoms with E-state index < -0.39 is 5.60 Å². The van der Waals surface area contributed by atoms with Gasteiger partial charge < -0.3 is 19.5 Å². The van der Waals surface area contributed by atoms with Crippen LogP contribution in [0.15, 0.2) is 30.6 Å². The molecule has 7 heteroatoms. The molecule has 24 heavy (non-hydrogen) atoms. The highest BCUT2D eigenvalue weighted by molar-refractivity contribution is 5.86. The van der Waals surface area contributed by atoms with Gasteiger partial charge in [0, 0.05) is 26.6 Å². The molecule has 2 amide bonds. The second kappa shape index (κ2) is 6.60. The number of carbonyl (C=O) groups is 2. The van der Waals surface area contributed by atoms with E-state index in [4.69, 9.17) is 4.74 Å². The molecule has 0 spiro atoms. The highest BCUT2D eigenvalue weighted by atomic mass is 16.5. The Hall–Kier alpha value is -2.41. The predicted octanol–water partition coefficient (Wildman–Crippen LogP) is 0.790. The zero-order chi connectivity index (χ0) is 17.2. The minimum Gasteiger partial charge on any atom is -0.362 e. The summed E-state index contributed by atoms with van der Waals surface area (Å²) in [5.41, 5.74) is 0.954. The number of aromatic nitrogens is 2. The number of aryl methyl sites for hydroxylation is 1. The standard InChI is InChI=1S/C17H22N4O3/c1-17(16(23)18-2)11-20(9-10-24-17)15(22)7-8-21-12-19-13-5-3-4-6-14(13)21/h3-6,12H,7-11H2,1-2H3,(H,18,23)/t17-/m1/s1. The van der Waals surface area contributed by atoms with E-state index in [1.54, 1.807) is 25.2 Å². The number of morpholine rings is 1. The van der Waals surface area contributed by atoms with Gasteiger partial charge in [0.05, 0.1) is 30.5 Å². The van der Waals surface area contributed by atoms with Crippen molar-refractivity contribution in [1.29, 1.82) is 0 Å². The second-order valence-electron chi connectivity index (χ2n) is 6.15. The summed E-state index contributed by atoms with van der Waals surface area (Å²) in [5, 5.41) is 2.59. The van der Waals surface area contributed by atoms with Crippen molar-refractivity contribution >= 4 is 22.8 Å². The minimum absolute atomic E-state index is 0.0196. The lowest BCUT2D eigenvalue weighted by atomic mass is 10.0. The van der Waals surface area contributed by atoms with Gasteiger partial charge in [0.1, 0.15) is 0 Å². The van der Waals surface area contributed by atoms with E-state index in [1.807, 2.05) is 28.8 Å². The van der Waals surface area contributed by atoms with E-state index in [-0.39, 0.29) is 18.4 Å². The maximum absolute atomic E-state index is 12.5. The van der Waals surface area contributed by atoms with Crippen molar-refractivity contribution < 1.29 is 14.3 Å². The van der Waals surface area contributed by atoms with Crippen molar-refractivity contribution in [3.8, 4) is 0 Å². The van der Waals surface area contributed by atoms with Crippen molar-refractivity contribution in [3.63, 3.8) is 0 Å². The zero-order valence-electron chi connectivity index (χ0n) is 14.0. The van der Waals surface area contributed by atoms with Crippen LogP contribution in [0.4, 0.5) is 0 Å². The molecule has 1 aromatic heterocycles. The topological polar surface area (TPSA) is 76.5 Å². The van der Waals surface area contributed by atoms with Gasteiger partial charge in [-0.05, 0) is 19.1 Å². The van der Waals surface area contributed by atoms with E-state index >= 15 is 0 Å². The number of imidazole rings is 1. The molecule has 0 bridgehead atoms. The summed E-state index contributed by atoms with van der Waals surface area (Å²) in [5.74, 6) is -0.188. The Morgan fingerprint density at radius 2 is 2.17 bits per heavy atom. The van der Waals surface area contributed by atoms with Crippen LogP contribution in [0.5, 0.6) is 0 Å². The molecule has 1 saturated heterocycles. The molecular weight excluding hydrogens is 308 g/mol. The van der Waals surface area contributed by atoms with Gasteiger partial charge in [0.2, 0.25) is 5.91 Å². The van der Waals surface area contributed by atoms with Crippen molar-refractivity contribution in [2.75, 3.05) is 26.7 Å². The number of amides is 2. The van der Waals surface area contributed by atoms with Gasteiger partial charge in [-0.2, -0.15) is 0 Å². The second-order valence-corrected chi connectivity index (χ2v) is 6.15. The molecule has 0 radical (unpaired) electrons. The number of benzene rings is 1. The average Bonchev–Trinajstić information content (AvgIpc) is 3.02. The van der Waals surface area contributed by atoms with E-state index in [0.717, 1.165) is 11.0 Å². The van der Waals surface area contributed by atoms with E-state index in [2.05, 4.69) is 10.3 Å². The van der Waals surface area contributed by atoms with Crippen LogP contribution in [0.25, 0.3) is 11.0 Å². The van der Waals surface area contributed by atoms with Crippen molar-refractivity contribution in [1.82, 2.24) is 19.8 Å². The van der Waals surface area contributed by atoms with E-state index in [1.165, 1.54) is 0 Å². The first-order valence-electron chi connectivity index (χ1n) is 8.07. The first-order valence-corrected chi connectivity index (χ1v) is 8.07. The molecule has 1 aliphatic heterocycles. The number of nitrogens with zero attached hydrogens (tertiary/aromatic N) is 3. The maximum atomic E-state index is 12.5. The van der Waals surface area contributed by atoms with Crippen LogP contribution >= 0.6 is 0 Å². The van der Waals surface area contributed by atoms with Gasteiger partial charge in [0.25, 0.3) is 5.91 Å². The maximum Gasteiger partial charge on any atom is 0.253 e. The van der Waals surface area contributed by atoms with Crippen LogP contribution in [-0.4, -0.2) is 58.6 Å². The summed E-state index contributed by atoms with van der Waals surface area (Å²) in [7, 11) is 1.57. The Bertz CT molecular complexity index is 757. The largest absolute Gasteiger partial charge is 0.362 e. The molecule has 3 rings (SSSR count). The molecule has 128 valence electrons. The predicted molar refractivity (Wildman–Crippen MR) is 89.4 cm³/mol. The molecule has 0 unspecified atom stereocenters. The molecule has 2 heterocycles. The van der Waals surface area contributed by atoms with Gasteiger partial charge >= 0.3 is 0 Å². The fourth-order valence-electron chi connectivity index (χ4n) is 3.05. The third-order valence-electron chi connectivity index (χ3n) is 4.43. The highest BCUT2D eigenvalue weighted by Crippen LogP contribution is 2.19. The lowest BCUT2D eigenvalue weighted by Crippen LogP contribution is -2.58. The molecular formula is C17H22N4O3. The van der Waals surface area contributed by atoms with Crippen LogP contribution in [0.3, 0.4) is 0 Å². The Kier molecular flexibility index (Phi) is 4.53. The SMILES string of the molecule is CNC(=O)[C@@]1(C)CN(C(=O)CCn2cnc3ccccc32)CCO1. The van der Waals surface area contributed by atoms with Gasteiger partial charge in [-0.25, -0.2) is 4.98 Å². The Morgan fingerprint density at radius 3 is 2.96 bits per heavy atom. The molecule has 1 aromatic carbocycles. The summed E-state index contributed by atoms with van der Waals surface area (Å²) >= 11 is 0. The number of rotatable bonds is 4. The fraction of sp³-hybridized carbons (Fsp3) is 0.471. The summed E-state index contributed by atoms with van der Waals surface area (Å²) in [4.78, 5) is 30.5. The summed E-state index contributed by atoms with van der Waals surface area (Å²) < 4.78 is 7.56. The molecule has 1 atom stereocenters. The molecule has 7 nitrogen and oxygen atoms in total. The minimum atomic E-state index is -0.982. The third-order valence-corrected chi connectivity index (χ3v) is 4.43. The lowest BCUT2D eigenvalue weighted by molar-refractivity contribution is -0.162. The van der Waals surface area contributed by atoms with Gasteiger partial charge in [-0.15, -0.1) is 0 Å². The number of hydrogen-bond acceptors (Lipinski definition) is 4. The van der Waals surface area contributed by atoms with Crippen LogP contribution in [0, 0.1) is 0 Å². The van der Waals surface area contributed by atoms with Crippen LogP contribution in [0.2, 0.25) is 0 Å². The summed E-state index contributed by atoms with van der Waals surface area (Å²) in [6, 6.07) is 7.84. The van der Waals surface area contributed by atoms with Gasteiger partial charge in [0.15, 0.2) is 5.60 Å². The van der Waals surface area contributed by atoms with E-state index in [0.29, 0.717) is 26.1 Å². The summed E-state index contributed by atoms with van der Waals surface area (Å²) in [6.45, 7) is 3.43. The highest BCUT2D eigenvalue weighted by Gasteiger charge is 2.39. The number of fused-ring (bicyclic) bond motifs is 1. The zero-order valence-corrected chi connectivity index (χ0v) is 14.0. The van der Waals surface area contributed by atoms with Crippen molar-refractivity contribution in [3.05, 3.63) is 30.6 Å². The Labute approximate surface area is 140 Å².